The van der Waals surface area contributed by atoms with Crippen molar-refractivity contribution in [1.29, 1.82) is 0 Å². The normalized spacial score (nSPS) is 12.8. The Labute approximate surface area is 248 Å². The third kappa shape index (κ3) is 6.45. The second-order valence-corrected chi connectivity index (χ2v) is 9.18. The second-order valence-electron chi connectivity index (χ2n) is 8.77. The summed E-state index contributed by atoms with van der Waals surface area (Å²) in [7, 11) is 1.11. The van der Waals surface area contributed by atoms with E-state index in [0.29, 0.717) is 0 Å². The molecule has 17 heteroatoms. The molecule has 8 nitrogen and oxygen atoms in total. The van der Waals surface area contributed by atoms with Gasteiger partial charge in [-0.2, -0.15) is 30.7 Å². The molecule has 0 aliphatic carbocycles. The topological polar surface area (TPSA) is 108 Å². The van der Waals surface area contributed by atoms with E-state index in [9.17, 15) is 49.8 Å². The van der Waals surface area contributed by atoms with Crippen LogP contribution in [0.25, 0.3) is 0 Å². The molecule has 0 bridgehead atoms. The Bertz CT molecular complexity index is 1530. The zero-order chi connectivity index (χ0) is 33.2. The number of aromatic hydroxyl groups is 1. The van der Waals surface area contributed by atoms with Crippen LogP contribution in [0.2, 0.25) is 5.02 Å². The lowest BCUT2D eigenvalue weighted by Crippen LogP contribution is -2.50. The number of alkyl halides is 8. The molecule has 0 saturated carbocycles. The quantitative estimate of drug-likeness (QED) is 0.132. The fraction of sp³-hybridized carbons (Fsp3) is 0.259. The van der Waals surface area contributed by atoms with Gasteiger partial charge in [0.25, 0.3) is 11.8 Å². The van der Waals surface area contributed by atoms with Gasteiger partial charge in [0.15, 0.2) is 11.5 Å². The van der Waals surface area contributed by atoms with Crippen LogP contribution >= 0.6 is 11.6 Å². The van der Waals surface area contributed by atoms with Crippen LogP contribution in [0.1, 0.15) is 33.2 Å². The van der Waals surface area contributed by atoms with Crippen LogP contribution in [0.5, 0.6) is 17.2 Å². The van der Waals surface area contributed by atoms with Gasteiger partial charge in [-0.15, -0.1) is 0 Å². The first-order valence-corrected chi connectivity index (χ1v) is 12.5. The summed E-state index contributed by atoms with van der Waals surface area (Å²) in [6.45, 7) is -1.80. The highest BCUT2D eigenvalue weighted by Crippen LogP contribution is 2.55. The maximum Gasteiger partial charge on any atom is 0.435 e. The van der Waals surface area contributed by atoms with E-state index >= 15 is 0 Å². The molecule has 44 heavy (non-hydrogen) atoms. The molecule has 238 valence electrons. The van der Waals surface area contributed by atoms with Crippen molar-refractivity contribution in [3.05, 3.63) is 76.3 Å². The van der Waals surface area contributed by atoms with E-state index < -0.39 is 64.7 Å². The molecular formula is C27H21ClF8N2O6. The summed E-state index contributed by atoms with van der Waals surface area (Å²) in [4.78, 5) is 27.7. The molecule has 0 aliphatic rings. The average Bonchev–Trinajstić information content (AvgIpc) is 2.93. The number of phenolic OH excluding ortho intramolecular Hbond substituents is 1. The van der Waals surface area contributed by atoms with Crippen molar-refractivity contribution in [3.8, 4) is 17.2 Å². The van der Waals surface area contributed by atoms with Crippen LogP contribution < -0.4 is 19.7 Å². The van der Waals surface area contributed by atoms with Crippen molar-refractivity contribution in [2.45, 2.75) is 31.5 Å². The van der Waals surface area contributed by atoms with Crippen LogP contribution in [0.15, 0.2) is 54.6 Å². The standard InChI is InChI=1S/C27H21ClF8N2O6/c1-3-38(23(41)14-7-4-5-9-16(14)28)17-10-6-8-15(21(17)43-2)22(40)37-20-18(39)11-13(12-19(20)44-24(29)42)25(30,26(31,32)33)27(34,35)36/h4-12,24,39,42H,3H2,1-2H3,(H,37,40). The summed E-state index contributed by atoms with van der Waals surface area (Å²) >= 11 is 6.14. The first kappa shape index (κ1) is 34.2. The minimum absolute atomic E-state index is 0.0142. The lowest BCUT2D eigenvalue weighted by molar-refractivity contribution is -0.348. The van der Waals surface area contributed by atoms with Gasteiger partial charge in [-0.3, -0.25) is 9.59 Å². The van der Waals surface area contributed by atoms with Crippen LogP contribution in [0, 0.1) is 0 Å². The number of carbonyl (C=O) groups is 2. The molecule has 3 aromatic carbocycles. The molecule has 1 unspecified atom stereocenters. The Hall–Kier alpha value is -4.31. The summed E-state index contributed by atoms with van der Waals surface area (Å²) in [5.74, 6) is -5.28. The predicted molar refractivity (Wildman–Crippen MR) is 140 cm³/mol. The predicted octanol–water partition coefficient (Wildman–Crippen LogP) is 6.89. The molecule has 3 rings (SSSR count). The van der Waals surface area contributed by atoms with Gasteiger partial charge in [-0.05, 0) is 43.3 Å². The Balaban J connectivity index is 2.12. The maximum absolute atomic E-state index is 14.6. The molecule has 0 heterocycles. The van der Waals surface area contributed by atoms with Crippen LogP contribution in [0.3, 0.4) is 0 Å². The molecule has 0 saturated heterocycles. The summed E-state index contributed by atoms with van der Waals surface area (Å²) in [6, 6.07) is 9.23. The maximum atomic E-state index is 14.6. The third-order valence-corrected chi connectivity index (χ3v) is 6.45. The smallest absolute Gasteiger partial charge is 0.435 e. The number of aliphatic hydroxyl groups excluding tert-OH is 1. The molecule has 0 radical (unpaired) electrons. The fourth-order valence-electron chi connectivity index (χ4n) is 4.13. The summed E-state index contributed by atoms with van der Waals surface area (Å²) < 4.78 is 117. The molecule has 0 aliphatic heterocycles. The number of phenols is 1. The van der Waals surface area contributed by atoms with E-state index in [-0.39, 0.29) is 40.7 Å². The molecule has 1 atom stereocenters. The highest BCUT2D eigenvalue weighted by Gasteiger charge is 2.73. The van der Waals surface area contributed by atoms with Crippen LogP contribution in [0.4, 0.5) is 46.5 Å². The number of methoxy groups -OCH3 is 1. The van der Waals surface area contributed by atoms with E-state index in [2.05, 4.69) is 4.74 Å². The van der Waals surface area contributed by atoms with Crippen molar-refractivity contribution in [3.63, 3.8) is 0 Å². The lowest BCUT2D eigenvalue weighted by Gasteiger charge is -2.31. The van der Waals surface area contributed by atoms with Crippen molar-refractivity contribution in [2.75, 3.05) is 23.9 Å². The lowest BCUT2D eigenvalue weighted by atomic mass is 9.93. The number of rotatable bonds is 9. The first-order chi connectivity index (χ1) is 20.4. The van der Waals surface area contributed by atoms with Gasteiger partial charge in [0.1, 0.15) is 11.4 Å². The zero-order valence-corrected chi connectivity index (χ0v) is 23.1. The number of ether oxygens (including phenoxy) is 2. The van der Waals surface area contributed by atoms with E-state index in [1.54, 1.807) is 19.1 Å². The van der Waals surface area contributed by atoms with Crippen molar-refractivity contribution in [1.82, 2.24) is 0 Å². The molecule has 2 amide bonds. The molecule has 3 N–H and O–H groups in total. The van der Waals surface area contributed by atoms with Crippen LogP contribution in [-0.4, -0.2) is 54.6 Å². The van der Waals surface area contributed by atoms with E-state index in [1.807, 2.05) is 5.32 Å². The Kier molecular flexibility index (Phi) is 9.89. The summed E-state index contributed by atoms with van der Waals surface area (Å²) in [5, 5.41) is 21.3. The van der Waals surface area contributed by atoms with Crippen molar-refractivity contribution >= 4 is 34.8 Å². The highest BCUT2D eigenvalue weighted by atomic mass is 35.5. The van der Waals surface area contributed by atoms with Gasteiger partial charge in [0.05, 0.1) is 28.9 Å². The number of para-hydroxylation sites is 1. The number of anilines is 2. The monoisotopic (exact) mass is 656 g/mol. The van der Waals surface area contributed by atoms with Gasteiger partial charge in [-0.25, -0.2) is 4.39 Å². The van der Waals surface area contributed by atoms with Gasteiger partial charge < -0.3 is 29.9 Å². The Morgan fingerprint density at radius 2 is 1.57 bits per heavy atom. The minimum atomic E-state index is -6.62. The molecule has 3 aromatic rings. The molecule has 0 fully saturated rings. The first-order valence-electron chi connectivity index (χ1n) is 12.1. The second kappa shape index (κ2) is 12.7. The van der Waals surface area contributed by atoms with E-state index in [0.717, 1.165) is 13.2 Å². The number of nitrogens with one attached hydrogen (secondary N) is 1. The fourth-order valence-corrected chi connectivity index (χ4v) is 4.34. The number of hydrogen-bond donors (Lipinski definition) is 3. The van der Waals surface area contributed by atoms with Gasteiger partial charge in [0, 0.05) is 12.1 Å². The highest BCUT2D eigenvalue weighted by molar-refractivity contribution is 6.34. The minimum Gasteiger partial charge on any atom is -0.506 e. The molecule has 0 aromatic heterocycles. The number of carbonyl (C=O) groups excluding carboxylic acids is 2. The Morgan fingerprint density at radius 1 is 0.977 bits per heavy atom. The number of amides is 2. The number of nitrogens with zero attached hydrogens (tertiary/aromatic N) is 1. The average molecular weight is 657 g/mol. The number of aliphatic hydroxyl groups is 1. The number of benzene rings is 3. The largest absolute Gasteiger partial charge is 0.506 e. The zero-order valence-electron chi connectivity index (χ0n) is 22.4. The summed E-state index contributed by atoms with van der Waals surface area (Å²) in [5.41, 5.74) is -9.81. The van der Waals surface area contributed by atoms with Gasteiger partial charge in [0.2, 0.25) is 0 Å². The Morgan fingerprint density at radius 3 is 2.09 bits per heavy atom. The van der Waals surface area contributed by atoms with Crippen molar-refractivity contribution in [2.24, 2.45) is 0 Å². The SMILES string of the molecule is CCN(C(=O)c1ccccc1Cl)c1cccc(C(=O)Nc2c(O)cc(C(F)(C(F)(F)F)C(F)(F)F)cc2OC(O)F)c1OC. The van der Waals surface area contributed by atoms with Gasteiger partial charge in [-0.1, -0.05) is 29.8 Å². The van der Waals surface area contributed by atoms with Gasteiger partial charge >= 0.3 is 24.6 Å². The number of halogens is 9. The molecular weight excluding hydrogens is 636 g/mol. The number of hydrogen-bond acceptors (Lipinski definition) is 6. The third-order valence-electron chi connectivity index (χ3n) is 6.12. The van der Waals surface area contributed by atoms with Crippen LogP contribution in [-0.2, 0) is 5.67 Å². The summed E-state index contributed by atoms with van der Waals surface area (Å²) in [6.07, 6.45) is -13.2. The molecule has 0 spiro atoms. The van der Waals surface area contributed by atoms with E-state index in [4.69, 9.17) is 21.4 Å². The van der Waals surface area contributed by atoms with E-state index in [1.165, 1.54) is 29.2 Å². The van der Waals surface area contributed by atoms with Crippen molar-refractivity contribution < 1.29 is 64.4 Å².